The molecule has 4 heterocycles. The molecule has 2 aromatic rings. The van der Waals surface area contributed by atoms with Gasteiger partial charge in [0, 0.05) is 58.0 Å². The third kappa shape index (κ3) is 3.97. The van der Waals surface area contributed by atoms with Crippen LogP contribution in [0.25, 0.3) is 0 Å². The molecule has 8 nitrogen and oxygen atoms in total. The van der Waals surface area contributed by atoms with Crippen LogP contribution in [0.2, 0.25) is 0 Å². The highest BCUT2D eigenvalue weighted by molar-refractivity contribution is 6.19. The van der Waals surface area contributed by atoms with E-state index in [-0.39, 0.29) is 30.4 Å². The fourth-order valence-electron chi connectivity index (χ4n) is 6.35. The van der Waals surface area contributed by atoms with Gasteiger partial charge in [0.1, 0.15) is 5.41 Å². The van der Waals surface area contributed by atoms with Crippen molar-refractivity contribution in [3.63, 3.8) is 0 Å². The largest absolute Gasteiger partial charge is 0.332 e. The number of carbonyl (C=O) groups excluding carboxylic acids is 3. The van der Waals surface area contributed by atoms with Gasteiger partial charge in [-0.2, -0.15) is 0 Å². The van der Waals surface area contributed by atoms with E-state index in [0.29, 0.717) is 25.6 Å². The van der Waals surface area contributed by atoms with E-state index < -0.39 is 23.3 Å². The topological polar surface area (TPSA) is 82.9 Å². The first-order valence-electron chi connectivity index (χ1n) is 12.7. The molecule has 0 spiro atoms. The van der Waals surface area contributed by atoms with Crippen molar-refractivity contribution in [3.05, 3.63) is 69.6 Å². The van der Waals surface area contributed by atoms with Crippen molar-refractivity contribution < 1.29 is 14.4 Å². The van der Waals surface area contributed by atoms with Gasteiger partial charge in [0.2, 0.25) is 11.8 Å². The maximum atomic E-state index is 13.7. The number of benzene rings is 1. The van der Waals surface area contributed by atoms with E-state index in [4.69, 9.17) is 0 Å². The molecule has 4 amide bonds. The minimum Gasteiger partial charge on any atom is -0.312 e. The van der Waals surface area contributed by atoms with Crippen molar-refractivity contribution >= 4 is 17.8 Å². The lowest BCUT2D eigenvalue weighted by molar-refractivity contribution is -0.159. The van der Waals surface area contributed by atoms with Crippen LogP contribution in [0.3, 0.4) is 0 Å². The molecular formula is C28H34N4O4. The van der Waals surface area contributed by atoms with Crippen LogP contribution in [-0.4, -0.2) is 70.8 Å². The summed E-state index contributed by atoms with van der Waals surface area (Å²) in [7, 11) is 2.91. The fraction of sp³-hybridized carbons (Fsp3) is 0.500. The van der Waals surface area contributed by atoms with Crippen LogP contribution in [0.5, 0.6) is 0 Å². The smallest absolute Gasteiger partial charge is 0.312 e. The van der Waals surface area contributed by atoms with Crippen molar-refractivity contribution in [2.45, 2.75) is 45.1 Å². The van der Waals surface area contributed by atoms with Gasteiger partial charge < -0.3 is 9.47 Å². The van der Waals surface area contributed by atoms with Crippen LogP contribution in [0.15, 0.2) is 47.3 Å². The molecule has 0 saturated carbocycles. The summed E-state index contributed by atoms with van der Waals surface area (Å²) in [5.74, 6) is -0.0833. The van der Waals surface area contributed by atoms with Crippen LogP contribution in [0.4, 0.5) is 4.79 Å². The van der Waals surface area contributed by atoms with E-state index >= 15 is 0 Å². The summed E-state index contributed by atoms with van der Waals surface area (Å²) < 4.78 is 1.87. The number of urea groups is 1. The standard InChI is InChI=1S/C28H34N4O4/c1-18(2)21-10-8-19(9-11-21)13-28(25(34)29(3)27(36)30(4)26(28)35)17-31-14-20-12-22(16-31)23-6-5-7-24(33)32(23)15-20/h5-11,18,20,22H,12-17H2,1-4H3/t20?,22-/m0/s1. The number of amides is 4. The van der Waals surface area contributed by atoms with Crippen molar-refractivity contribution in [2.24, 2.45) is 11.3 Å². The Morgan fingerprint density at radius 2 is 1.56 bits per heavy atom. The number of pyridine rings is 1. The Hall–Kier alpha value is -3.26. The number of aromatic nitrogens is 1. The van der Waals surface area contributed by atoms with Crippen LogP contribution in [0, 0.1) is 11.3 Å². The molecule has 0 N–H and O–H groups in total. The summed E-state index contributed by atoms with van der Waals surface area (Å²) in [5.41, 5.74) is 1.74. The molecule has 3 aliphatic rings. The average molecular weight is 491 g/mol. The molecular weight excluding hydrogens is 456 g/mol. The van der Waals surface area contributed by atoms with E-state index in [1.54, 1.807) is 12.1 Å². The van der Waals surface area contributed by atoms with Crippen LogP contribution in [-0.2, 0) is 22.6 Å². The zero-order valence-corrected chi connectivity index (χ0v) is 21.4. The lowest BCUT2D eigenvalue weighted by Crippen LogP contribution is -2.67. The van der Waals surface area contributed by atoms with Crippen molar-refractivity contribution in [1.29, 1.82) is 0 Å². The Morgan fingerprint density at radius 3 is 2.19 bits per heavy atom. The van der Waals surface area contributed by atoms with E-state index in [0.717, 1.165) is 27.5 Å². The Kier molecular flexibility index (Phi) is 6.11. The molecule has 0 aliphatic carbocycles. The molecule has 8 heteroatoms. The van der Waals surface area contributed by atoms with Gasteiger partial charge in [-0.1, -0.05) is 44.2 Å². The molecule has 2 fully saturated rings. The van der Waals surface area contributed by atoms with Crippen LogP contribution >= 0.6 is 0 Å². The van der Waals surface area contributed by atoms with E-state index in [9.17, 15) is 19.2 Å². The molecule has 36 heavy (non-hydrogen) atoms. The lowest BCUT2D eigenvalue weighted by Gasteiger charge is -2.48. The lowest BCUT2D eigenvalue weighted by atomic mass is 9.75. The molecule has 1 aromatic heterocycles. The maximum absolute atomic E-state index is 13.7. The van der Waals surface area contributed by atoms with Crippen molar-refractivity contribution in [2.75, 3.05) is 33.7 Å². The highest BCUT2D eigenvalue weighted by Gasteiger charge is 2.56. The summed E-state index contributed by atoms with van der Waals surface area (Å²) in [4.78, 5) is 56.9. The first-order chi connectivity index (χ1) is 17.1. The highest BCUT2D eigenvalue weighted by Crippen LogP contribution is 2.39. The maximum Gasteiger partial charge on any atom is 0.332 e. The molecule has 0 radical (unpaired) electrons. The van der Waals surface area contributed by atoms with E-state index in [2.05, 4.69) is 18.7 Å². The molecule has 3 aliphatic heterocycles. The number of hydrogen-bond acceptors (Lipinski definition) is 5. The number of nitrogens with zero attached hydrogens (tertiary/aromatic N) is 4. The molecule has 2 bridgehead atoms. The average Bonchev–Trinajstić information content (AvgIpc) is 2.86. The highest BCUT2D eigenvalue weighted by atomic mass is 16.2. The van der Waals surface area contributed by atoms with Gasteiger partial charge in [0.25, 0.3) is 5.56 Å². The Balaban J connectivity index is 1.49. The zero-order valence-electron chi connectivity index (χ0n) is 21.4. The molecule has 2 saturated heterocycles. The third-order valence-corrected chi connectivity index (χ3v) is 8.20. The number of likely N-dealkylation sites (tertiary alicyclic amines) is 1. The number of barbiturate groups is 1. The SMILES string of the molecule is CC(C)c1ccc(CC2(CN3CC4C[C@@H](C3)c3cccc(=O)n3C4)C(=O)N(C)C(=O)N(C)C2=O)cc1. The number of hydrogen-bond donors (Lipinski definition) is 0. The summed E-state index contributed by atoms with van der Waals surface area (Å²) in [6, 6.07) is 12.9. The van der Waals surface area contributed by atoms with Gasteiger partial charge in [0.05, 0.1) is 0 Å². The van der Waals surface area contributed by atoms with Gasteiger partial charge in [-0.3, -0.25) is 24.2 Å². The minimum absolute atomic E-state index is 0.0244. The first-order valence-corrected chi connectivity index (χ1v) is 12.7. The number of rotatable bonds is 5. The number of fused-ring (bicyclic) bond motifs is 4. The predicted octanol–water partition coefficient (Wildman–Crippen LogP) is 2.67. The summed E-state index contributed by atoms with van der Waals surface area (Å²) in [6.07, 6.45) is 1.22. The summed E-state index contributed by atoms with van der Waals surface area (Å²) in [6.45, 7) is 6.50. The second-order valence-electron chi connectivity index (χ2n) is 11.1. The number of imide groups is 2. The van der Waals surface area contributed by atoms with Gasteiger partial charge in [-0.25, -0.2) is 4.79 Å². The Bertz CT molecular complexity index is 1240. The summed E-state index contributed by atoms with van der Waals surface area (Å²) >= 11 is 0. The van der Waals surface area contributed by atoms with Crippen LogP contribution in [0.1, 0.15) is 48.9 Å². The van der Waals surface area contributed by atoms with Crippen molar-refractivity contribution in [1.82, 2.24) is 19.3 Å². The van der Waals surface area contributed by atoms with Gasteiger partial charge in [-0.05, 0) is 41.9 Å². The number of piperidine rings is 1. The molecule has 190 valence electrons. The predicted molar refractivity (Wildman–Crippen MR) is 136 cm³/mol. The normalized spacial score (nSPS) is 23.9. The monoisotopic (exact) mass is 490 g/mol. The first kappa shape index (κ1) is 24.4. The van der Waals surface area contributed by atoms with Gasteiger partial charge in [0.15, 0.2) is 0 Å². The quantitative estimate of drug-likeness (QED) is 0.602. The molecule has 1 aromatic carbocycles. The second kappa shape index (κ2) is 9.00. The minimum atomic E-state index is -1.39. The molecule has 1 unspecified atom stereocenters. The Labute approximate surface area is 211 Å². The Morgan fingerprint density at radius 1 is 0.889 bits per heavy atom. The van der Waals surface area contributed by atoms with E-state index in [1.165, 1.54) is 19.7 Å². The molecule has 2 atom stereocenters. The molecule has 5 rings (SSSR count). The summed E-state index contributed by atoms with van der Waals surface area (Å²) in [5, 5.41) is 0. The zero-order chi connectivity index (χ0) is 25.8. The van der Waals surface area contributed by atoms with E-state index in [1.807, 2.05) is 34.9 Å². The fourth-order valence-corrected chi connectivity index (χ4v) is 6.35. The second-order valence-corrected chi connectivity index (χ2v) is 11.1. The third-order valence-electron chi connectivity index (χ3n) is 8.20. The van der Waals surface area contributed by atoms with Gasteiger partial charge in [-0.15, -0.1) is 0 Å². The van der Waals surface area contributed by atoms with Crippen molar-refractivity contribution in [3.8, 4) is 0 Å². The van der Waals surface area contributed by atoms with Gasteiger partial charge >= 0.3 is 6.03 Å². The van der Waals surface area contributed by atoms with Crippen LogP contribution < -0.4 is 5.56 Å². The number of carbonyl (C=O) groups is 3.